The third-order valence-electron chi connectivity index (χ3n) is 3.48. The van der Waals surface area contributed by atoms with Crippen LogP contribution in [-0.4, -0.2) is 29.9 Å². The fraction of sp³-hybridized carbons (Fsp3) is 0.471. The quantitative estimate of drug-likeness (QED) is 0.844. The topological polar surface area (TPSA) is 71.1 Å². The van der Waals surface area contributed by atoms with Crippen LogP contribution in [0, 0.1) is 19.8 Å². The monoisotopic (exact) mass is 303 g/mol. The highest BCUT2D eigenvalue weighted by Crippen LogP contribution is 2.07. The smallest absolute Gasteiger partial charge is 0.242 e. The highest BCUT2D eigenvalue weighted by molar-refractivity contribution is 5.88. The van der Waals surface area contributed by atoms with E-state index < -0.39 is 6.04 Å². The van der Waals surface area contributed by atoms with Gasteiger partial charge in [0.1, 0.15) is 6.04 Å². The molecule has 5 nitrogen and oxygen atoms in total. The van der Waals surface area contributed by atoms with Crippen LogP contribution < -0.4 is 10.6 Å². The fourth-order valence-electron chi connectivity index (χ4n) is 1.95. The fourth-order valence-corrected chi connectivity index (χ4v) is 1.95. The van der Waals surface area contributed by atoms with E-state index in [1.165, 1.54) is 0 Å². The van der Waals surface area contributed by atoms with Crippen molar-refractivity contribution < 1.29 is 9.59 Å². The molecule has 1 unspecified atom stereocenters. The maximum absolute atomic E-state index is 11.9. The number of hydrogen-bond acceptors (Lipinski definition) is 3. The molecule has 0 saturated carbocycles. The van der Waals surface area contributed by atoms with Gasteiger partial charge in [0.2, 0.25) is 11.8 Å². The lowest BCUT2D eigenvalue weighted by atomic mass is 10.0. The predicted octanol–water partition coefficient (Wildman–Crippen LogP) is 1.99. The second kappa shape index (κ2) is 8.32. The molecule has 0 fully saturated rings. The largest absolute Gasteiger partial charge is 0.357 e. The van der Waals surface area contributed by atoms with Crippen molar-refractivity contribution in [2.24, 2.45) is 5.92 Å². The molecule has 120 valence electrons. The minimum absolute atomic E-state index is 0.0364. The Bertz CT molecular complexity index is 565. The van der Waals surface area contributed by atoms with Gasteiger partial charge in [-0.2, -0.15) is 0 Å². The number of hydrogen-bond donors (Lipinski definition) is 2. The van der Waals surface area contributed by atoms with E-state index in [0.29, 0.717) is 0 Å². The summed E-state index contributed by atoms with van der Waals surface area (Å²) in [6.45, 7) is 7.76. The summed E-state index contributed by atoms with van der Waals surface area (Å²) < 4.78 is 0. The van der Waals surface area contributed by atoms with E-state index in [-0.39, 0.29) is 24.2 Å². The lowest BCUT2D eigenvalue weighted by Gasteiger charge is -2.20. The third kappa shape index (κ3) is 5.31. The number of pyridine rings is 1. The Kier molecular flexibility index (Phi) is 6.76. The Morgan fingerprint density at radius 3 is 2.50 bits per heavy atom. The molecule has 1 aromatic rings. The van der Waals surface area contributed by atoms with Gasteiger partial charge in [0, 0.05) is 19.2 Å². The van der Waals surface area contributed by atoms with Crippen molar-refractivity contribution in [3.05, 3.63) is 35.2 Å². The molecule has 22 heavy (non-hydrogen) atoms. The van der Waals surface area contributed by atoms with Crippen LogP contribution in [0.3, 0.4) is 0 Å². The van der Waals surface area contributed by atoms with Crippen LogP contribution in [0.25, 0.3) is 6.08 Å². The maximum atomic E-state index is 11.9. The van der Waals surface area contributed by atoms with Crippen LogP contribution in [0.1, 0.15) is 37.2 Å². The molecular weight excluding hydrogens is 278 g/mol. The molecule has 1 heterocycles. The Labute approximate surface area is 132 Å². The molecule has 1 atom stereocenters. The molecule has 0 aliphatic heterocycles. The van der Waals surface area contributed by atoms with Crippen LogP contribution >= 0.6 is 0 Å². The van der Waals surface area contributed by atoms with E-state index in [2.05, 4.69) is 15.6 Å². The lowest BCUT2D eigenvalue weighted by Crippen LogP contribution is -2.48. The number of likely N-dealkylation sites (N-methyl/N-ethyl adjacent to an activating group) is 1. The van der Waals surface area contributed by atoms with Gasteiger partial charge in [0.15, 0.2) is 0 Å². The molecule has 0 aliphatic rings. The zero-order chi connectivity index (χ0) is 16.7. The second-order valence-corrected chi connectivity index (χ2v) is 5.65. The molecule has 5 heteroatoms. The predicted molar refractivity (Wildman–Crippen MR) is 88.2 cm³/mol. The number of carbonyl (C=O) groups excluding carboxylic acids is 2. The Hall–Kier alpha value is -2.17. The summed E-state index contributed by atoms with van der Waals surface area (Å²) in [6, 6.07) is 3.41. The van der Waals surface area contributed by atoms with Gasteiger partial charge in [-0.3, -0.25) is 14.6 Å². The molecule has 0 aromatic carbocycles. The van der Waals surface area contributed by atoms with Gasteiger partial charge in [-0.1, -0.05) is 26.0 Å². The van der Waals surface area contributed by atoms with Crippen LogP contribution in [-0.2, 0) is 9.59 Å². The van der Waals surface area contributed by atoms with E-state index in [1.54, 1.807) is 13.1 Å². The first-order valence-corrected chi connectivity index (χ1v) is 7.47. The van der Waals surface area contributed by atoms with Crippen molar-refractivity contribution in [1.82, 2.24) is 15.6 Å². The summed E-state index contributed by atoms with van der Waals surface area (Å²) in [5, 5.41) is 5.31. The minimum Gasteiger partial charge on any atom is -0.357 e. The Balaban J connectivity index is 2.59. The zero-order valence-corrected chi connectivity index (χ0v) is 13.9. The minimum atomic E-state index is -0.509. The van der Waals surface area contributed by atoms with Crippen molar-refractivity contribution in [1.29, 1.82) is 0 Å². The number of amides is 2. The van der Waals surface area contributed by atoms with Crippen molar-refractivity contribution in [3.63, 3.8) is 0 Å². The molecule has 1 aromatic heterocycles. The number of nitrogens with zero attached hydrogens (tertiary/aromatic N) is 1. The van der Waals surface area contributed by atoms with Crippen molar-refractivity contribution >= 4 is 17.9 Å². The van der Waals surface area contributed by atoms with Crippen LogP contribution in [0.5, 0.6) is 0 Å². The van der Waals surface area contributed by atoms with Gasteiger partial charge in [-0.05, 0) is 37.5 Å². The standard InChI is InChI=1S/C17H25N3O2/c1-11(2)16(17(22)18-5)20-15(21)8-6-7-14-10-9-12(3)13(4)19-14/h6-7,9-11,16H,8H2,1-5H3,(H,18,22)(H,20,21). The number of aromatic nitrogens is 1. The SMILES string of the molecule is CNC(=O)C(NC(=O)CC=Cc1ccc(C)c(C)n1)C(C)C. The molecule has 1 rings (SSSR count). The van der Waals surface area contributed by atoms with Gasteiger partial charge >= 0.3 is 0 Å². The van der Waals surface area contributed by atoms with Gasteiger partial charge < -0.3 is 10.6 Å². The van der Waals surface area contributed by atoms with Gasteiger partial charge in [0.05, 0.1) is 5.69 Å². The number of aryl methyl sites for hydroxylation is 2. The number of rotatable bonds is 6. The highest BCUT2D eigenvalue weighted by atomic mass is 16.2. The van der Waals surface area contributed by atoms with Crippen LogP contribution in [0.4, 0.5) is 0 Å². The average Bonchev–Trinajstić information content (AvgIpc) is 2.47. The van der Waals surface area contributed by atoms with Crippen molar-refractivity contribution in [2.45, 2.75) is 40.2 Å². The van der Waals surface area contributed by atoms with Crippen LogP contribution in [0.2, 0.25) is 0 Å². The van der Waals surface area contributed by atoms with Crippen molar-refractivity contribution in [2.75, 3.05) is 7.05 Å². The van der Waals surface area contributed by atoms with E-state index >= 15 is 0 Å². The summed E-state index contributed by atoms with van der Waals surface area (Å²) in [7, 11) is 1.56. The van der Waals surface area contributed by atoms with Gasteiger partial charge in [-0.25, -0.2) is 0 Å². The molecular formula is C17H25N3O2. The Morgan fingerprint density at radius 1 is 1.27 bits per heavy atom. The summed E-state index contributed by atoms with van der Waals surface area (Å²) in [6.07, 6.45) is 3.79. The first kappa shape index (κ1) is 17.9. The molecule has 0 bridgehead atoms. The lowest BCUT2D eigenvalue weighted by molar-refractivity contribution is -0.129. The second-order valence-electron chi connectivity index (χ2n) is 5.65. The third-order valence-corrected chi connectivity index (χ3v) is 3.48. The van der Waals surface area contributed by atoms with Gasteiger partial charge in [0.25, 0.3) is 0 Å². The van der Waals surface area contributed by atoms with E-state index in [9.17, 15) is 9.59 Å². The molecule has 0 spiro atoms. The Morgan fingerprint density at radius 2 is 1.95 bits per heavy atom. The van der Waals surface area contributed by atoms with E-state index in [1.807, 2.05) is 45.9 Å². The highest BCUT2D eigenvalue weighted by Gasteiger charge is 2.22. The summed E-state index contributed by atoms with van der Waals surface area (Å²) >= 11 is 0. The normalized spacial score (nSPS) is 12.5. The average molecular weight is 303 g/mol. The maximum Gasteiger partial charge on any atom is 0.242 e. The van der Waals surface area contributed by atoms with E-state index in [0.717, 1.165) is 17.0 Å². The summed E-state index contributed by atoms with van der Waals surface area (Å²) in [4.78, 5) is 28.0. The van der Waals surface area contributed by atoms with E-state index in [4.69, 9.17) is 0 Å². The molecule has 0 radical (unpaired) electrons. The van der Waals surface area contributed by atoms with Crippen molar-refractivity contribution in [3.8, 4) is 0 Å². The summed E-state index contributed by atoms with van der Waals surface area (Å²) in [5.41, 5.74) is 2.94. The summed E-state index contributed by atoms with van der Waals surface area (Å²) in [5.74, 6) is -0.320. The number of carbonyl (C=O) groups is 2. The molecule has 0 saturated heterocycles. The first-order valence-electron chi connectivity index (χ1n) is 7.47. The number of nitrogens with one attached hydrogen (secondary N) is 2. The first-order chi connectivity index (χ1) is 10.3. The molecule has 2 N–H and O–H groups in total. The van der Waals surface area contributed by atoms with Crippen LogP contribution in [0.15, 0.2) is 18.2 Å². The molecule has 2 amide bonds. The molecule has 0 aliphatic carbocycles. The van der Waals surface area contributed by atoms with Gasteiger partial charge in [-0.15, -0.1) is 0 Å². The zero-order valence-electron chi connectivity index (χ0n) is 13.9.